The molecule has 0 amide bonds. The number of halogens is 1. The smallest absolute Gasteiger partial charge is 0.312 e. The largest absolute Gasteiger partial charge is 0.466 e. The van der Waals surface area contributed by atoms with Gasteiger partial charge in [-0.1, -0.05) is 0 Å². The molecule has 0 rings (SSSR count). The average molecular weight is 198 g/mol. The lowest BCUT2D eigenvalue weighted by atomic mass is 10.5. The summed E-state index contributed by atoms with van der Waals surface area (Å²) in [5.74, 6) is -0.318. The summed E-state index contributed by atoms with van der Waals surface area (Å²) in [6.45, 7) is 2.14. The highest BCUT2D eigenvalue weighted by atomic mass is 35.5. The van der Waals surface area contributed by atoms with Crippen molar-refractivity contribution in [2.24, 2.45) is 0 Å². The summed E-state index contributed by atoms with van der Waals surface area (Å²) in [5.41, 5.74) is 0. The van der Waals surface area contributed by atoms with Crippen LogP contribution in [0.3, 0.4) is 0 Å². The van der Waals surface area contributed by atoms with E-state index in [9.17, 15) is 4.79 Å². The number of ether oxygens (including phenoxy) is 1. The van der Waals surface area contributed by atoms with Crippen LogP contribution in [0.2, 0.25) is 0 Å². The van der Waals surface area contributed by atoms with Crippen molar-refractivity contribution in [1.82, 2.24) is 0 Å². The highest BCUT2D eigenvalue weighted by molar-refractivity contribution is 8.13. The van der Waals surface area contributed by atoms with Crippen LogP contribution in [0, 0.1) is 5.41 Å². The third-order valence-corrected chi connectivity index (χ3v) is 1.49. The summed E-state index contributed by atoms with van der Waals surface area (Å²) in [6.07, 6.45) is 1.87. The molecule has 0 aromatic heterocycles. The molecule has 0 fully saturated rings. The Balaban J connectivity index is 0. The summed E-state index contributed by atoms with van der Waals surface area (Å²) < 4.78 is 4.62. The zero-order valence-electron chi connectivity index (χ0n) is 6.55. The molecule has 0 spiro atoms. The van der Waals surface area contributed by atoms with Gasteiger partial charge in [-0.2, -0.15) is 0 Å². The van der Waals surface area contributed by atoms with Crippen LogP contribution in [0.1, 0.15) is 13.3 Å². The molecule has 1 N–H and O–H groups in total. The highest BCUT2D eigenvalue weighted by Gasteiger charge is 2.03. The molecule has 11 heavy (non-hydrogen) atoms. The summed E-state index contributed by atoms with van der Waals surface area (Å²) in [7, 11) is 0. The number of carbonyl (C=O) groups excluding carboxylic acids is 1. The third-order valence-electron chi connectivity index (χ3n) is 0.857. The van der Waals surface area contributed by atoms with Gasteiger partial charge in [0.05, 0.1) is 18.1 Å². The van der Waals surface area contributed by atoms with Crippen LogP contribution in [0.5, 0.6) is 0 Å². The molecule has 0 aromatic carbocycles. The maximum absolute atomic E-state index is 10.6. The Kier molecular flexibility index (Phi) is 9.58. The molecule has 0 aliphatic heterocycles. The van der Waals surface area contributed by atoms with Crippen LogP contribution >= 0.6 is 24.2 Å². The molecule has 3 nitrogen and oxygen atoms in total. The van der Waals surface area contributed by atoms with Crippen molar-refractivity contribution in [3.8, 4) is 0 Å². The molecular weight excluding hydrogens is 186 g/mol. The fourth-order valence-electron chi connectivity index (χ4n) is 0.415. The Labute approximate surface area is 76.8 Å². The quantitative estimate of drug-likeness (QED) is 0.426. The molecule has 66 valence electrons. The number of hydrogen-bond acceptors (Lipinski definition) is 4. The van der Waals surface area contributed by atoms with E-state index < -0.39 is 0 Å². The highest BCUT2D eigenvalue weighted by Crippen LogP contribution is 2.00. The van der Waals surface area contributed by atoms with E-state index in [1.54, 1.807) is 13.2 Å². The van der Waals surface area contributed by atoms with Gasteiger partial charge in [0.25, 0.3) is 0 Å². The molecular formula is C6H12ClNO2S. The molecule has 0 heterocycles. The van der Waals surface area contributed by atoms with Gasteiger partial charge in [-0.05, 0) is 13.2 Å². The molecule has 0 bridgehead atoms. The van der Waals surface area contributed by atoms with Crippen LogP contribution in [0.25, 0.3) is 0 Å². The standard InChI is InChI=1S/C6H11NO2S.ClH/c1-3-9-6(8)4-5(7)10-2;/h7H,3-4H2,1-2H3;1H. The lowest BCUT2D eigenvalue weighted by molar-refractivity contribution is -0.141. The van der Waals surface area contributed by atoms with Gasteiger partial charge in [0.1, 0.15) is 0 Å². The maximum atomic E-state index is 10.6. The summed E-state index contributed by atoms with van der Waals surface area (Å²) >= 11 is 1.26. The van der Waals surface area contributed by atoms with Gasteiger partial charge in [-0.3, -0.25) is 10.2 Å². The van der Waals surface area contributed by atoms with Crippen molar-refractivity contribution in [3.05, 3.63) is 0 Å². The number of nitrogens with one attached hydrogen (secondary N) is 1. The van der Waals surface area contributed by atoms with Crippen LogP contribution in [-0.2, 0) is 9.53 Å². The molecule has 0 saturated heterocycles. The molecule has 0 atom stereocenters. The zero-order chi connectivity index (χ0) is 7.98. The number of carbonyl (C=O) groups is 1. The second-order valence-corrected chi connectivity index (χ2v) is 2.51. The minimum absolute atomic E-state index is 0. The third kappa shape index (κ3) is 7.68. The van der Waals surface area contributed by atoms with E-state index in [2.05, 4.69) is 4.74 Å². The predicted molar refractivity (Wildman–Crippen MR) is 49.7 cm³/mol. The fraction of sp³-hybridized carbons (Fsp3) is 0.667. The van der Waals surface area contributed by atoms with Gasteiger partial charge in [0.2, 0.25) is 0 Å². The summed E-state index contributed by atoms with van der Waals surface area (Å²) in [6, 6.07) is 0. The van der Waals surface area contributed by atoms with Crippen LogP contribution in [-0.4, -0.2) is 23.9 Å². The van der Waals surface area contributed by atoms with Gasteiger partial charge in [-0.25, -0.2) is 0 Å². The SMILES string of the molecule is CCOC(=O)CC(=N)SC.Cl. The molecule has 0 unspecified atom stereocenters. The molecule has 0 saturated carbocycles. The first-order chi connectivity index (χ1) is 4.70. The first kappa shape index (κ1) is 13.4. The molecule has 0 aliphatic carbocycles. The van der Waals surface area contributed by atoms with Crippen molar-refractivity contribution in [2.75, 3.05) is 12.9 Å². The topological polar surface area (TPSA) is 50.2 Å². The normalized spacial score (nSPS) is 8.18. The van der Waals surface area contributed by atoms with Gasteiger partial charge in [0, 0.05) is 0 Å². The molecule has 5 heteroatoms. The van der Waals surface area contributed by atoms with E-state index in [0.29, 0.717) is 11.7 Å². The van der Waals surface area contributed by atoms with E-state index in [1.165, 1.54) is 11.8 Å². The van der Waals surface area contributed by atoms with Crippen molar-refractivity contribution < 1.29 is 9.53 Å². The fourth-order valence-corrected chi connectivity index (χ4v) is 0.677. The number of rotatable bonds is 3. The van der Waals surface area contributed by atoms with E-state index in [1.807, 2.05) is 0 Å². The van der Waals surface area contributed by atoms with Crippen LogP contribution < -0.4 is 0 Å². The molecule has 0 aliphatic rings. The van der Waals surface area contributed by atoms with Crippen LogP contribution in [0.4, 0.5) is 0 Å². The van der Waals surface area contributed by atoms with Gasteiger partial charge >= 0.3 is 5.97 Å². The maximum Gasteiger partial charge on any atom is 0.312 e. The first-order valence-electron chi connectivity index (χ1n) is 2.97. The predicted octanol–water partition coefficient (Wildman–Crippen LogP) is 1.70. The Morgan fingerprint density at radius 2 is 2.18 bits per heavy atom. The van der Waals surface area contributed by atoms with E-state index in [-0.39, 0.29) is 24.8 Å². The van der Waals surface area contributed by atoms with Crippen molar-refractivity contribution in [1.29, 1.82) is 5.41 Å². The van der Waals surface area contributed by atoms with Gasteiger partial charge < -0.3 is 4.74 Å². The monoisotopic (exact) mass is 197 g/mol. The first-order valence-corrected chi connectivity index (χ1v) is 4.20. The van der Waals surface area contributed by atoms with Crippen molar-refractivity contribution in [3.63, 3.8) is 0 Å². The number of esters is 1. The Bertz CT molecular complexity index is 141. The van der Waals surface area contributed by atoms with E-state index in [0.717, 1.165) is 0 Å². The Morgan fingerprint density at radius 3 is 2.55 bits per heavy atom. The average Bonchev–Trinajstić information content (AvgIpc) is 1.88. The minimum atomic E-state index is -0.318. The number of thioether (sulfide) groups is 1. The Hall–Kier alpha value is -0.220. The summed E-state index contributed by atoms with van der Waals surface area (Å²) in [4.78, 5) is 10.6. The van der Waals surface area contributed by atoms with E-state index >= 15 is 0 Å². The van der Waals surface area contributed by atoms with E-state index in [4.69, 9.17) is 5.41 Å². The second kappa shape index (κ2) is 7.88. The van der Waals surface area contributed by atoms with Crippen LogP contribution in [0.15, 0.2) is 0 Å². The number of hydrogen-bond donors (Lipinski definition) is 1. The lowest BCUT2D eigenvalue weighted by Gasteiger charge is -1.99. The van der Waals surface area contributed by atoms with Gasteiger partial charge in [-0.15, -0.1) is 24.2 Å². The van der Waals surface area contributed by atoms with Gasteiger partial charge in [0.15, 0.2) is 0 Å². The second-order valence-electron chi connectivity index (χ2n) is 1.61. The molecule has 0 aromatic rings. The zero-order valence-corrected chi connectivity index (χ0v) is 8.18. The lowest BCUT2D eigenvalue weighted by Crippen LogP contribution is -2.07. The minimum Gasteiger partial charge on any atom is -0.466 e. The molecule has 0 radical (unpaired) electrons. The van der Waals surface area contributed by atoms with Crippen molar-refractivity contribution in [2.45, 2.75) is 13.3 Å². The Morgan fingerprint density at radius 1 is 1.64 bits per heavy atom. The van der Waals surface area contributed by atoms with Crippen molar-refractivity contribution >= 4 is 35.2 Å². The summed E-state index contributed by atoms with van der Waals surface area (Å²) in [5, 5.41) is 7.45.